The first kappa shape index (κ1) is 15.2. The van der Waals surface area contributed by atoms with Gasteiger partial charge in [0, 0.05) is 35.2 Å². The highest BCUT2D eigenvalue weighted by molar-refractivity contribution is 5.83. The molecule has 23 heavy (non-hydrogen) atoms. The van der Waals surface area contributed by atoms with Crippen LogP contribution in [0.25, 0.3) is 10.9 Å². The van der Waals surface area contributed by atoms with Crippen molar-refractivity contribution in [1.29, 1.82) is 5.26 Å². The number of fused-ring (bicyclic) bond motifs is 1. The fourth-order valence-electron chi connectivity index (χ4n) is 2.53. The molecule has 0 atom stereocenters. The molecule has 2 aromatic heterocycles. The summed E-state index contributed by atoms with van der Waals surface area (Å²) in [5.74, 6) is 1.22. The number of rotatable bonds is 6. The number of nitriles is 1. The maximum atomic E-state index is 8.87. The summed E-state index contributed by atoms with van der Waals surface area (Å²) in [6.45, 7) is 4.66. The first-order valence-electron chi connectivity index (χ1n) is 7.72. The number of aromatic nitrogens is 2. The summed E-state index contributed by atoms with van der Waals surface area (Å²) in [7, 11) is 0. The van der Waals surface area contributed by atoms with Gasteiger partial charge in [0.1, 0.15) is 24.3 Å². The smallest absolute Gasteiger partial charge is 0.134 e. The van der Waals surface area contributed by atoms with Crippen molar-refractivity contribution >= 4 is 10.9 Å². The molecule has 118 valence electrons. The minimum atomic E-state index is 0.347. The molecule has 0 aliphatic carbocycles. The average molecular weight is 309 g/mol. The second-order valence-electron chi connectivity index (χ2n) is 5.86. The number of aromatic amines is 1. The molecular formula is C18H19N3O2. The molecule has 0 aliphatic rings. The van der Waals surface area contributed by atoms with Gasteiger partial charge in [-0.15, -0.1) is 0 Å². The lowest BCUT2D eigenvalue weighted by atomic mass is 10.1. The molecule has 0 bridgehead atoms. The number of ether oxygens (including phenoxy) is 1. The van der Waals surface area contributed by atoms with Crippen LogP contribution < -0.4 is 4.74 Å². The second kappa shape index (κ2) is 6.57. The lowest BCUT2D eigenvalue weighted by molar-refractivity contribution is 0.287. The van der Waals surface area contributed by atoms with E-state index in [-0.39, 0.29) is 0 Å². The Hall–Kier alpha value is -2.74. The number of hydrogen-bond donors (Lipinski definition) is 1. The molecule has 0 unspecified atom stereocenters. The maximum absolute atomic E-state index is 8.87. The summed E-state index contributed by atoms with van der Waals surface area (Å²) in [6.07, 6.45) is 2.66. The molecule has 0 radical (unpaired) electrons. The van der Waals surface area contributed by atoms with Crippen LogP contribution in [0.1, 0.15) is 43.1 Å². The van der Waals surface area contributed by atoms with Crippen LogP contribution in [-0.4, -0.2) is 10.1 Å². The zero-order valence-electron chi connectivity index (χ0n) is 13.3. The van der Waals surface area contributed by atoms with Gasteiger partial charge < -0.3 is 14.2 Å². The fourth-order valence-corrected chi connectivity index (χ4v) is 2.53. The van der Waals surface area contributed by atoms with Gasteiger partial charge in [-0.2, -0.15) is 5.26 Å². The number of hydrogen-bond acceptors (Lipinski definition) is 4. The lowest BCUT2D eigenvalue weighted by Crippen LogP contribution is -1.99. The van der Waals surface area contributed by atoms with Crippen LogP contribution in [0.3, 0.4) is 0 Å². The number of H-pyrrole nitrogens is 1. The minimum Gasteiger partial charge on any atom is -0.487 e. The summed E-state index contributed by atoms with van der Waals surface area (Å²) < 4.78 is 10.7. The lowest BCUT2D eigenvalue weighted by Gasteiger charge is -2.10. The van der Waals surface area contributed by atoms with E-state index in [0.717, 1.165) is 27.9 Å². The summed E-state index contributed by atoms with van der Waals surface area (Å²) in [5, 5.41) is 13.9. The highest BCUT2D eigenvalue weighted by atomic mass is 16.5. The minimum absolute atomic E-state index is 0.347. The third kappa shape index (κ3) is 3.37. The Labute approximate surface area is 134 Å². The van der Waals surface area contributed by atoms with Crippen molar-refractivity contribution in [3.63, 3.8) is 0 Å². The van der Waals surface area contributed by atoms with Crippen molar-refractivity contribution in [3.05, 3.63) is 47.5 Å². The van der Waals surface area contributed by atoms with Crippen LogP contribution in [0, 0.1) is 11.3 Å². The van der Waals surface area contributed by atoms with Crippen LogP contribution in [-0.2, 0) is 13.0 Å². The van der Waals surface area contributed by atoms with E-state index in [1.54, 1.807) is 6.07 Å². The Kier molecular flexibility index (Phi) is 4.33. The molecule has 3 aromatic rings. The molecule has 0 saturated carbocycles. The zero-order valence-corrected chi connectivity index (χ0v) is 13.3. The molecule has 5 heteroatoms. The predicted octanol–water partition coefficient (Wildman–Crippen LogP) is 4.31. The quantitative estimate of drug-likeness (QED) is 0.736. The Balaban J connectivity index is 1.93. The van der Waals surface area contributed by atoms with Crippen molar-refractivity contribution in [2.45, 2.75) is 39.2 Å². The summed E-state index contributed by atoms with van der Waals surface area (Å²) >= 11 is 0. The normalized spacial score (nSPS) is 11.0. The number of benzene rings is 1. The molecule has 2 heterocycles. The maximum Gasteiger partial charge on any atom is 0.134 e. The van der Waals surface area contributed by atoms with Crippen LogP contribution in [0.4, 0.5) is 0 Å². The molecule has 3 rings (SSSR count). The van der Waals surface area contributed by atoms with E-state index in [9.17, 15) is 0 Å². The summed E-state index contributed by atoms with van der Waals surface area (Å²) in [5.41, 5.74) is 4.02. The molecule has 5 nitrogen and oxygen atoms in total. The number of nitrogens with zero attached hydrogens (tertiary/aromatic N) is 2. The second-order valence-corrected chi connectivity index (χ2v) is 5.86. The van der Waals surface area contributed by atoms with Gasteiger partial charge in [0.2, 0.25) is 0 Å². The largest absolute Gasteiger partial charge is 0.487 e. The van der Waals surface area contributed by atoms with Gasteiger partial charge in [0.05, 0.1) is 6.07 Å². The van der Waals surface area contributed by atoms with Crippen LogP contribution in [0.15, 0.2) is 35.1 Å². The topological polar surface area (TPSA) is 74.8 Å². The molecule has 1 N–H and O–H groups in total. The van der Waals surface area contributed by atoms with Crippen LogP contribution >= 0.6 is 0 Å². The molecule has 0 saturated heterocycles. The van der Waals surface area contributed by atoms with Crippen LogP contribution in [0.2, 0.25) is 0 Å². The van der Waals surface area contributed by atoms with Gasteiger partial charge >= 0.3 is 0 Å². The molecule has 0 amide bonds. The molecule has 0 aliphatic heterocycles. The van der Waals surface area contributed by atoms with Crippen molar-refractivity contribution in [3.8, 4) is 11.8 Å². The van der Waals surface area contributed by atoms with E-state index in [4.69, 9.17) is 14.5 Å². The third-order valence-corrected chi connectivity index (χ3v) is 3.82. The van der Waals surface area contributed by atoms with Gasteiger partial charge in [-0.05, 0) is 30.0 Å². The van der Waals surface area contributed by atoms with E-state index >= 15 is 0 Å². The molecule has 0 spiro atoms. The van der Waals surface area contributed by atoms with Gasteiger partial charge in [-0.25, -0.2) is 0 Å². The van der Waals surface area contributed by atoms with E-state index in [1.807, 2.05) is 6.07 Å². The number of aryl methyl sites for hydroxylation is 1. The highest BCUT2D eigenvalue weighted by Gasteiger charge is 2.11. The Morgan fingerprint density at radius 1 is 1.35 bits per heavy atom. The van der Waals surface area contributed by atoms with E-state index in [0.29, 0.717) is 25.4 Å². The van der Waals surface area contributed by atoms with Gasteiger partial charge in [-0.3, -0.25) is 0 Å². The highest BCUT2D eigenvalue weighted by Crippen LogP contribution is 2.30. The summed E-state index contributed by atoms with van der Waals surface area (Å²) in [6, 6.07) is 10.2. The Bertz CT molecular complexity index is 826. The summed E-state index contributed by atoms with van der Waals surface area (Å²) in [4.78, 5) is 3.43. The first-order valence-corrected chi connectivity index (χ1v) is 7.72. The Morgan fingerprint density at radius 3 is 2.91 bits per heavy atom. The zero-order chi connectivity index (χ0) is 16.2. The van der Waals surface area contributed by atoms with Crippen molar-refractivity contribution in [2.24, 2.45) is 0 Å². The molecule has 0 fully saturated rings. The predicted molar refractivity (Wildman–Crippen MR) is 87.2 cm³/mol. The van der Waals surface area contributed by atoms with Gasteiger partial charge in [0.15, 0.2) is 0 Å². The number of nitrogens with one attached hydrogen (secondary N) is 1. The van der Waals surface area contributed by atoms with Crippen molar-refractivity contribution in [1.82, 2.24) is 10.1 Å². The third-order valence-electron chi connectivity index (χ3n) is 3.82. The van der Waals surface area contributed by atoms with E-state index < -0.39 is 0 Å². The molecule has 1 aromatic carbocycles. The van der Waals surface area contributed by atoms with Crippen molar-refractivity contribution < 1.29 is 9.26 Å². The standard InChI is InChI=1S/C18H19N3O2/c1-12(2)16-9-14-8-13(4-3-6-19)18(10-17(14)20-16)22-11-15-5-7-23-21-15/h5,7-10,12,20H,3-4,11H2,1-2H3. The van der Waals surface area contributed by atoms with Crippen LogP contribution in [0.5, 0.6) is 5.75 Å². The van der Waals surface area contributed by atoms with Gasteiger partial charge in [0.25, 0.3) is 0 Å². The fraction of sp³-hybridized carbons (Fsp3) is 0.333. The SMILES string of the molecule is CC(C)c1cc2cc(CCC#N)c(OCc3ccon3)cc2[nH]1. The van der Waals surface area contributed by atoms with E-state index in [2.05, 4.69) is 42.2 Å². The average Bonchev–Trinajstić information content (AvgIpc) is 3.19. The van der Waals surface area contributed by atoms with E-state index in [1.165, 1.54) is 12.0 Å². The van der Waals surface area contributed by atoms with Crippen molar-refractivity contribution in [2.75, 3.05) is 0 Å². The first-order chi connectivity index (χ1) is 11.2. The molecular weight excluding hydrogens is 290 g/mol. The Morgan fingerprint density at radius 2 is 2.22 bits per heavy atom. The monoisotopic (exact) mass is 309 g/mol. The van der Waals surface area contributed by atoms with Gasteiger partial charge in [-0.1, -0.05) is 19.0 Å².